The minimum absolute atomic E-state index is 0.535. The van der Waals surface area contributed by atoms with Crippen LogP contribution in [0.1, 0.15) is 50.2 Å². The molecule has 0 aromatic heterocycles. The molecule has 1 fully saturated rings. The van der Waals surface area contributed by atoms with Crippen LogP contribution in [0.5, 0.6) is 5.75 Å². The number of aliphatic hydroxyl groups is 1. The van der Waals surface area contributed by atoms with E-state index < -0.39 is 5.60 Å². The summed E-state index contributed by atoms with van der Waals surface area (Å²) >= 11 is 0. The van der Waals surface area contributed by atoms with Crippen molar-refractivity contribution in [2.24, 2.45) is 5.92 Å². The lowest BCUT2D eigenvalue weighted by atomic mass is 9.75. The molecular weight excluding hydrogens is 236 g/mol. The number of rotatable bonds is 4. The maximum atomic E-state index is 10.8. The molecule has 0 atom stereocenters. The highest BCUT2D eigenvalue weighted by atomic mass is 16.5. The number of hydrogen-bond acceptors (Lipinski definition) is 2. The Morgan fingerprint density at radius 3 is 2.58 bits per heavy atom. The van der Waals surface area contributed by atoms with Gasteiger partial charge in [-0.2, -0.15) is 0 Å². The Balaban J connectivity index is 2.10. The van der Waals surface area contributed by atoms with Gasteiger partial charge in [-0.25, -0.2) is 0 Å². The van der Waals surface area contributed by atoms with Crippen LogP contribution in [0.25, 0.3) is 0 Å². The molecule has 1 N–H and O–H groups in total. The summed E-state index contributed by atoms with van der Waals surface area (Å²) in [6.45, 7) is 4.33. The molecule has 0 saturated heterocycles. The van der Waals surface area contributed by atoms with E-state index in [4.69, 9.17) is 4.74 Å². The zero-order valence-electron chi connectivity index (χ0n) is 12.4. The molecule has 1 saturated carbocycles. The molecule has 2 nitrogen and oxygen atoms in total. The Kier molecular flexibility index (Phi) is 4.51. The molecule has 0 spiro atoms. The summed E-state index contributed by atoms with van der Waals surface area (Å²) in [5.74, 6) is 1.70. The van der Waals surface area contributed by atoms with E-state index in [1.54, 1.807) is 7.11 Å². The molecule has 1 aromatic carbocycles. The van der Waals surface area contributed by atoms with Crippen molar-refractivity contribution in [3.63, 3.8) is 0 Å². The average molecular weight is 262 g/mol. The Morgan fingerprint density at radius 2 is 2.00 bits per heavy atom. The minimum atomic E-state index is -0.535. The van der Waals surface area contributed by atoms with Gasteiger partial charge in [-0.15, -0.1) is 0 Å². The van der Waals surface area contributed by atoms with Crippen LogP contribution < -0.4 is 4.74 Å². The molecule has 1 aliphatic rings. The smallest absolute Gasteiger partial charge is 0.122 e. The van der Waals surface area contributed by atoms with Crippen LogP contribution in [0.2, 0.25) is 0 Å². The first-order chi connectivity index (χ1) is 9.06. The lowest BCUT2D eigenvalue weighted by Crippen LogP contribution is -2.36. The Bertz CT molecular complexity index is 417. The fourth-order valence-electron chi connectivity index (χ4n) is 3.20. The van der Waals surface area contributed by atoms with Gasteiger partial charge >= 0.3 is 0 Å². The number of ether oxygens (including phenoxy) is 1. The van der Waals surface area contributed by atoms with Crippen LogP contribution in [0, 0.1) is 12.8 Å². The van der Waals surface area contributed by atoms with Gasteiger partial charge in [-0.05, 0) is 50.2 Å². The largest absolute Gasteiger partial charge is 0.496 e. The van der Waals surface area contributed by atoms with Gasteiger partial charge in [0.1, 0.15) is 5.75 Å². The standard InChI is InChI=1S/C17H26O2/c1-4-14-7-9-17(18,10-8-14)12-15-11-13(2)5-6-16(15)19-3/h5-6,11,14,18H,4,7-10,12H2,1-3H3. The summed E-state index contributed by atoms with van der Waals surface area (Å²) in [5, 5.41) is 10.8. The van der Waals surface area contributed by atoms with Gasteiger partial charge in [-0.1, -0.05) is 31.0 Å². The Labute approximate surface area is 116 Å². The Morgan fingerprint density at radius 1 is 1.32 bits per heavy atom. The fourth-order valence-corrected chi connectivity index (χ4v) is 3.20. The van der Waals surface area contributed by atoms with E-state index in [0.29, 0.717) is 6.42 Å². The van der Waals surface area contributed by atoms with Crippen molar-refractivity contribution in [2.45, 2.75) is 58.0 Å². The van der Waals surface area contributed by atoms with Gasteiger partial charge in [0.15, 0.2) is 0 Å². The summed E-state index contributed by atoms with van der Waals surface area (Å²) in [6, 6.07) is 6.20. The lowest BCUT2D eigenvalue weighted by molar-refractivity contribution is -0.00961. The summed E-state index contributed by atoms with van der Waals surface area (Å²) < 4.78 is 5.42. The van der Waals surface area contributed by atoms with Crippen molar-refractivity contribution >= 4 is 0 Å². The fraction of sp³-hybridized carbons (Fsp3) is 0.647. The second kappa shape index (κ2) is 5.96. The molecule has 0 unspecified atom stereocenters. The highest BCUT2D eigenvalue weighted by Gasteiger charge is 2.33. The monoisotopic (exact) mass is 262 g/mol. The molecule has 1 aliphatic carbocycles. The minimum Gasteiger partial charge on any atom is -0.496 e. The topological polar surface area (TPSA) is 29.5 Å². The van der Waals surface area contributed by atoms with Crippen LogP contribution in [0.15, 0.2) is 18.2 Å². The first-order valence-electron chi connectivity index (χ1n) is 7.42. The van der Waals surface area contributed by atoms with E-state index in [1.807, 2.05) is 6.07 Å². The molecule has 2 rings (SSSR count). The lowest BCUT2D eigenvalue weighted by Gasteiger charge is -2.36. The van der Waals surface area contributed by atoms with Gasteiger partial charge in [-0.3, -0.25) is 0 Å². The van der Waals surface area contributed by atoms with E-state index >= 15 is 0 Å². The molecule has 0 heterocycles. The molecule has 106 valence electrons. The van der Waals surface area contributed by atoms with Crippen LogP contribution in [0.3, 0.4) is 0 Å². The average Bonchev–Trinajstić information content (AvgIpc) is 2.39. The number of aryl methyl sites for hydroxylation is 1. The van der Waals surface area contributed by atoms with E-state index in [-0.39, 0.29) is 0 Å². The van der Waals surface area contributed by atoms with Crippen molar-refractivity contribution in [1.29, 1.82) is 0 Å². The maximum absolute atomic E-state index is 10.8. The van der Waals surface area contributed by atoms with E-state index in [9.17, 15) is 5.11 Å². The quantitative estimate of drug-likeness (QED) is 0.892. The SMILES string of the molecule is CCC1CCC(O)(Cc2cc(C)ccc2OC)CC1. The van der Waals surface area contributed by atoms with Crippen molar-refractivity contribution in [2.75, 3.05) is 7.11 Å². The van der Waals surface area contributed by atoms with E-state index in [2.05, 4.69) is 26.0 Å². The van der Waals surface area contributed by atoms with Crippen LogP contribution in [0.4, 0.5) is 0 Å². The molecule has 2 heteroatoms. The van der Waals surface area contributed by atoms with Crippen molar-refractivity contribution < 1.29 is 9.84 Å². The first kappa shape index (κ1) is 14.4. The van der Waals surface area contributed by atoms with Crippen LogP contribution in [-0.2, 0) is 6.42 Å². The summed E-state index contributed by atoms with van der Waals surface area (Å²) in [7, 11) is 1.70. The van der Waals surface area contributed by atoms with Crippen LogP contribution in [-0.4, -0.2) is 17.8 Å². The zero-order valence-corrected chi connectivity index (χ0v) is 12.4. The summed E-state index contributed by atoms with van der Waals surface area (Å²) in [5.41, 5.74) is 1.83. The molecular formula is C17H26O2. The highest BCUT2D eigenvalue weighted by molar-refractivity contribution is 5.37. The molecule has 0 radical (unpaired) electrons. The van der Waals surface area contributed by atoms with Gasteiger partial charge < -0.3 is 9.84 Å². The van der Waals surface area contributed by atoms with Gasteiger partial charge in [0.05, 0.1) is 12.7 Å². The maximum Gasteiger partial charge on any atom is 0.122 e. The van der Waals surface area contributed by atoms with Crippen molar-refractivity contribution in [3.05, 3.63) is 29.3 Å². The van der Waals surface area contributed by atoms with E-state index in [1.165, 1.54) is 12.0 Å². The van der Waals surface area contributed by atoms with Crippen molar-refractivity contribution in [1.82, 2.24) is 0 Å². The number of methoxy groups -OCH3 is 1. The van der Waals surface area contributed by atoms with Crippen molar-refractivity contribution in [3.8, 4) is 5.75 Å². The first-order valence-corrected chi connectivity index (χ1v) is 7.42. The Hall–Kier alpha value is -1.02. The second-order valence-corrected chi connectivity index (χ2v) is 6.07. The molecule has 0 bridgehead atoms. The number of hydrogen-bond donors (Lipinski definition) is 1. The van der Waals surface area contributed by atoms with Crippen LogP contribution >= 0.6 is 0 Å². The van der Waals surface area contributed by atoms with E-state index in [0.717, 1.165) is 42.9 Å². The predicted octanol–water partition coefficient (Wildman–Crippen LogP) is 3.88. The second-order valence-electron chi connectivity index (χ2n) is 6.07. The zero-order chi connectivity index (χ0) is 13.9. The van der Waals surface area contributed by atoms with Gasteiger partial charge in [0, 0.05) is 6.42 Å². The number of benzene rings is 1. The van der Waals surface area contributed by atoms with Gasteiger partial charge in [0.2, 0.25) is 0 Å². The normalized spacial score (nSPS) is 27.3. The molecule has 0 aliphatic heterocycles. The highest BCUT2D eigenvalue weighted by Crippen LogP contribution is 2.37. The van der Waals surface area contributed by atoms with Gasteiger partial charge in [0.25, 0.3) is 0 Å². The molecule has 19 heavy (non-hydrogen) atoms. The third-order valence-electron chi connectivity index (χ3n) is 4.57. The third kappa shape index (κ3) is 3.50. The third-order valence-corrected chi connectivity index (χ3v) is 4.57. The summed E-state index contributed by atoms with van der Waals surface area (Å²) in [4.78, 5) is 0. The predicted molar refractivity (Wildman–Crippen MR) is 78.6 cm³/mol. The summed E-state index contributed by atoms with van der Waals surface area (Å²) in [6.07, 6.45) is 6.10. The molecule has 0 amide bonds. The molecule has 1 aromatic rings.